The topological polar surface area (TPSA) is 60.8 Å². The number of carbonyl (C=O) groups is 1. The largest absolute Gasteiger partial charge is 0.396 e. The number of nitrogens with zero attached hydrogens (tertiary/aromatic N) is 1. The lowest BCUT2D eigenvalue weighted by Gasteiger charge is -2.30. The van der Waals surface area contributed by atoms with Gasteiger partial charge >= 0.3 is 0 Å². The molecule has 2 N–H and O–H groups in total. The van der Waals surface area contributed by atoms with Crippen LogP contribution >= 0.6 is 0 Å². The molecule has 1 saturated carbocycles. The molecule has 0 aliphatic heterocycles. The highest BCUT2D eigenvalue weighted by molar-refractivity contribution is 5.82. The second-order valence-electron chi connectivity index (χ2n) is 7.59. The summed E-state index contributed by atoms with van der Waals surface area (Å²) in [5.74, 6) is 0.963. The van der Waals surface area contributed by atoms with Crippen LogP contribution in [-0.2, 0) is 4.79 Å². The molecule has 0 spiro atoms. The van der Waals surface area contributed by atoms with Gasteiger partial charge in [0.25, 0.3) is 0 Å². The second kappa shape index (κ2) is 7.02. The lowest BCUT2D eigenvalue weighted by atomic mass is 9.92. The summed E-state index contributed by atoms with van der Waals surface area (Å²) < 4.78 is 0. The highest BCUT2D eigenvalue weighted by Crippen LogP contribution is 2.48. The molecule has 0 aromatic heterocycles. The van der Waals surface area contributed by atoms with Crippen molar-refractivity contribution >= 4 is 5.91 Å². The molecule has 1 amide bonds. The van der Waals surface area contributed by atoms with E-state index in [9.17, 15) is 15.0 Å². The minimum atomic E-state index is -0.645. The van der Waals surface area contributed by atoms with Gasteiger partial charge in [0.1, 0.15) is 0 Å². The Morgan fingerprint density at radius 1 is 1.26 bits per heavy atom. The van der Waals surface area contributed by atoms with E-state index in [-0.39, 0.29) is 25.0 Å². The molecule has 128 valence electrons. The van der Waals surface area contributed by atoms with Crippen LogP contribution in [0.25, 0.3) is 0 Å². The molecule has 1 aliphatic rings. The molecule has 0 heterocycles. The van der Waals surface area contributed by atoms with Crippen molar-refractivity contribution in [1.29, 1.82) is 0 Å². The van der Waals surface area contributed by atoms with E-state index in [4.69, 9.17) is 0 Å². The minimum absolute atomic E-state index is 0.0338. The van der Waals surface area contributed by atoms with Gasteiger partial charge in [0.2, 0.25) is 5.91 Å². The van der Waals surface area contributed by atoms with Gasteiger partial charge in [0, 0.05) is 24.9 Å². The third-order valence-electron chi connectivity index (χ3n) is 4.90. The Bertz CT molecular complexity index is 534. The Labute approximate surface area is 139 Å². The summed E-state index contributed by atoms with van der Waals surface area (Å²) in [5, 5.41) is 18.7. The molecular weight excluding hydrogens is 290 g/mol. The highest BCUT2D eigenvalue weighted by atomic mass is 16.3. The molecule has 4 nitrogen and oxygen atoms in total. The van der Waals surface area contributed by atoms with Crippen LogP contribution in [0.4, 0.5) is 0 Å². The van der Waals surface area contributed by atoms with Gasteiger partial charge in [-0.15, -0.1) is 0 Å². The van der Waals surface area contributed by atoms with Gasteiger partial charge in [-0.1, -0.05) is 45.0 Å². The van der Waals surface area contributed by atoms with E-state index in [0.717, 1.165) is 6.42 Å². The Kier molecular flexibility index (Phi) is 5.48. The smallest absolute Gasteiger partial charge is 0.226 e. The minimum Gasteiger partial charge on any atom is -0.396 e. The number of amides is 1. The van der Waals surface area contributed by atoms with Gasteiger partial charge < -0.3 is 15.1 Å². The van der Waals surface area contributed by atoms with Crippen LogP contribution in [0, 0.1) is 11.3 Å². The molecule has 1 aliphatic carbocycles. The first-order chi connectivity index (χ1) is 10.8. The number of carbonyl (C=O) groups excluding carboxylic acids is 1. The lowest BCUT2D eigenvalue weighted by molar-refractivity contribution is -0.133. The average molecular weight is 319 g/mol. The van der Waals surface area contributed by atoms with E-state index in [1.807, 2.05) is 0 Å². The third kappa shape index (κ3) is 4.12. The Hall–Kier alpha value is -1.39. The van der Waals surface area contributed by atoms with E-state index >= 15 is 0 Å². The lowest BCUT2D eigenvalue weighted by Crippen LogP contribution is -2.42. The number of aliphatic hydroxyl groups is 2. The number of rotatable bonds is 7. The fraction of sp³-hybridized carbons (Fsp3) is 0.632. The first-order valence-corrected chi connectivity index (χ1v) is 8.38. The van der Waals surface area contributed by atoms with Crippen LogP contribution in [0.15, 0.2) is 24.3 Å². The normalized spacial score (nSPS) is 20.7. The van der Waals surface area contributed by atoms with Crippen molar-refractivity contribution in [3.8, 4) is 0 Å². The third-order valence-corrected chi connectivity index (χ3v) is 4.90. The van der Waals surface area contributed by atoms with Gasteiger partial charge in [-0.25, -0.2) is 0 Å². The Morgan fingerprint density at radius 2 is 1.83 bits per heavy atom. The Morgan fingerprint density at radius 3 is 2.30 bits per heavy atom. The summed E-state index contributed by atoms with van der Waals surface area (Å²) >= 11 is 0. The molecular formula is C19H29NO3. The predicted molar refractivity (Wildman–Crippen MR) is 91.3 cm³/mol. The van der Waals surface area contributed by atoms with Gasteiger partial charge in [-0.3, -0.25) is 4.79 Å². The van der Waals surface area contributed by atoms with Crippen molar-refractivity contribution in [2.24, 2.45) is 11.3 Å². The summed E-state index contributed by atoms with van der Waals surface area (Å²) in [6, 6.07) is 8.58. The van der Waals surface area contributed by atoms with Crippen molar-refractivity contribution in [2.75, 3.05) is 26.8 Å². The van der Waals surface area contributed by atoms with Crippen LogP contribution in [0.1, 0.15) is 50.2 Å². The van der Waals surface area contributed by atoms with E-state index in [0.29, 0.717) is 18.4 Å². The van der Waals surface area contributed by atoms with Crippen molar-refractivity contribution in [3.05, 3.63) is 35.4 Å². The number of benzene rings is 1. The predicted octanol–water partition coefficient (Wildman–Crippen LogP) is 2.36. The molecule has 0 radical (unpaired) electrons. The monoisotopic (exact) mass is 319 g/mol. The van der Waals surface area contributed by atoms with E-state index in [1.165, 1.54) is 11.1 Å². The standard InChI is InChI=1S/C19H29NO3/c1-13(2)14-5-7-15(8-6-14)16-9-17(16)18(23)20(4)10-19(3,11-21)12-22/h5-8,13,16-17,21-22H,9-12H2,1-4H3. The van der Waals surface area contributed by atoms with Crippen LogP contribution in [0.3, 0.4) is 0 Å². The zero-order valence-corrected chi connectivity index (χ0v) is 14.6. The zero-order valence-electron chi connectivity index (χ0n) is 14.6. The first kappa shape index (κ1) is 18.0. The molecule has 0 bridgehead atoms. The summed E-state index contributed by atoms with van der Waals surface area (Å²) in [4.78, 5) is 14.2. The first-order valence-electron chi connectivity index (χ1n) is 8.38. The highest BCUT2D eigenvalue weighted by Gasteiger charge is 2.45. The molecule has 2 rings (SSSR count). The van der Waals surface area contributed by atoms with Crippen molar-refractivity contribution < 1.29 is 15.0 Å². The van der Waals surface area contributed by atoms with Crippen molar-refractivity contribution in [3.63, 3.8) is 0 Å². The maximum absolute atomic E-state index is 12.5. The Balaban J connectivity index is 1.95. The van der Waals surface area contributed by atoms with Crippen molar-refractivity contribution in [1.82, 2.24) is 4.90 Å². The summed E-state index contributed by atoms with van der Waals surface area (Å²) in [6.07, 6.45) is 0.888. The molecule has 23 heavy (non-hydrogen) atoms. The van der Waals surface area contributed by atoms with Gasteiger partial charge in [0.15, 0.2) is 0 Å². The van der Waals surface area contributed by atoms with E-state index in [1.54, 1.807) is 18.9 Å². The fourth-order valence-corrected chi connectivity index (χ4v) is 3.05. The summed E-state index contributed by atoms with van der Waals surface area (Å²) in [6.45, 7) is 6.23. The number of hydrogen-bond acceptors (Lipinski definition) is 3. The fourth-order valence-electron chi connectivity index (χ4n) is 3.05. The zero-order chi connectivity index (χ0) is 17.2. The maximum atomic E-state index is 12.5. The SMILES string of the molecule is CC(C)c1ccc(C2CC2C(=O)N(C)CC(C)(CO)CO)cc1. The van der Waals surface area contributed by atoms with Gasteiger partial charge in [0.05, 0.1) is 13.2 Å². The summed E-state index contributed by atoms with van der Waals surface area (Å²) in [5.41, 5.74) is 1.90. The van der Waals surface area contributed by atoms with Crippen LogP contribution < -0.4 is 0 Å². The maximum Gasteiger partial charge on any atom is 0.226 e. The molecule has 4 heteroatoms. The van der Waals surface area contributed by atoms with Crippen molar-refractivity contribution in [2.45, 2.75) is 39.0 Å². The second-order valence-corrected chi connectivity index (χ2v) is 7.59. The number of hydrogen-bond donors (Lipinski definition) is 2. The molecule has 1 aromatic carbocycles. The van der Waals surface area contributed by atoms with Crippen LogP contribution in [0.5, 0.6) is 0 Å². The average Bonchev–Trinajstić information content (AvgIpc) is 3.34. The molecule has 1 aromatic rings. The van der Waals surface area contributed by atoms with Gasteiger partial charge in [-0.2, -0.15) is 0 Å². The van der Waals surface area contributed by atoms with Crippen LogP contribution in [-0.4, -0.2) is 47.8 Å². The molecule has 2 atom stereocenters. The van der Waals surface area contributed by atoms with E-state index < -0.39 is 5.41 Å². The molecule has 1 fully saturated rings. The molecule has 0 saturated heterocycles. The summed E-state index contributed by atoms with van der Waals surface area (Å²) in [7, 11) is 1.75. The van der Waals surface area contributed by atoms with Gasteiger partial charge in [-0.05, 0) is 29.4 Å². The number of aliphatic hydroxyl groups excluding tert-OH is 2. The molecule has 2 unspecified atom stereocenters. The van der Waals surface area contributed by atoms with Crippen LogP contribution in [0.2, 0.25) is 0 Å². The quantitative estimate of drug-likeness (QED) is 0.811. The van der Waals surface area contributed by atoms with E-state index in [2.05, 4.69) is 38.1 Å².